The van der Waals surface area contributed by atoms with Crippen LogP contribution in [-0.4, -0.2) is 23.3 Å². The van der Waals surface area contributed by atoms with Crippen LogP contribution in [0.5, 0.6) is 11.5 Å². The van der Waals surface area contributed by atoms with Crippen LogP contribution < -0.4 is 4.74 Å². The summed E-state index contributed by atoms with van der Waals surface area (Å²) in [6.45, 7) is 5.75. The van der Waals surface area contributed by atoms with Crippen LogP contribution in [0.15, 0.2) is 54.6 Å². The summed E-state index contributed by atoms with van der Waals surface area (Å²) < 4.78 is 5.39. The van der Waals surface area contributed by atoms with Gasteiger partial charge in [0.25, 0.3) is 0 Å². The summed E-state index contributed by atoms with van der Waals surface area (Å²) >= 11 is 0. The maximum Gasteiger partial charge on any atom is 0.340 e. The number of rotatable bonds is 9. The third-order valence-corrected chi connectivity index (χ3v) is 4.37. The Bertz CT molecular complexity index is 835. The van der Waals surface area contributed by atoms with Crippen molar-refractivity contribution in [3.63, 3.8) is 0 Å². The van der Waals surface area contributed by atoms with E-state index in [1.807, 2.05) is 31.2 Å². The first-order valence-corrected chi connectivity index (χ1v) is 8.95. The SMILES string of the molecule is C=C(C)CCc1c(OC)cc(C=CCCc2ccccc2)c(C(=O)O)c1O. The molecule has 2 N–H and O–H groups in total. The third-order valence-electron chi connectivity index (χ3n) is 4.37. The van der Waals surface area contributed by atoms with Crippen molar-refractivity contribution in [2.24, 2.45) is 0 Å². The van der Waals surface area contributed by atoms with Crippen LogP contribution in [0.4, 0.5) is 0 Å². The van der Waals surface area contributed by atoms with Gasteiger partial charge in [0.05, 0.1) is 7.11 Å². The van der Waals surface area contributed by atoms with Gasteiger partial charge >= 0.3 is 5.97 Å². The molecule has 27 heavy (non-hydrogen) atoms. The second-order valence-electron chi connectivity index (χ2n) is 6.56. The van der Waals surface area contributed by atoms with Gasteiger partial charge in [-0.3, -0.25) is 0 Å². The molecule has 0 aliphatic carbocycles. The molecule has 2 aromatic carbocycles. The average Bonchev–Trinajstić information content (AvgIpc) is 2.64. The second-order valence-corrected chi connectivity index (χ2v) is 6.56. The number of carboxylic acids is 1. The zero-order chi connectivity index (χ0) is 19.8. The fourth-order valence-corrected chi connectivity index (χ4v) is 2.93. The Labute approximate surface area is 160 Å². The van der Waals surface area contributed by atoms with Crippen molar-refractivity contribution in [3.05, 3.63) is 76.9 Å². The lowest BCUT2D eigenvalue weighted by molar-refractivity contribution is 0.0693. The number of phenols is 1. The molecule has 142 valence electrons. The van der Waals surface area contributed by atoms with Crippen LogP contribution in [-0.2, 0) is 12.8 Å². The predicted octanol–water partition coefficient (Wildman–Crippen LogP) is 5.25. The van der Waals surface area contributed by atoms with Crippen molar-refractivity contribution in [3.8, 4) is 11.5 Å². The highest BCUT2D eigenvalue weighted by Gasteiger charge is 2.21. The van der Waals surface area contributed by atoms with E-state index in [0.717, 1.165) is 18.4 Å². The van der Waals surface area contributed by atoms with Crippen molar-refractivity contribution < 1.29 is 19.7 Å². The highest BCUT2D eigenvalue weighted by Crippen LogP contribution is 2.36. The van der Waals surface area contributed by atoms with E-state index in [1.165, 1.54) is 12.7 Å². The van der Waals surface area contributed by atoms with Gasteiger partial charge in [-0.15, -0.1) is 6.58 Å². The van der Waals surface area contributed by atoms with Gasteiger partial charge in [-0.1, -0.05) is 48.1 Å². The van der Waals surface area contributed by atoms with Crippen LogP contribution in [0.3, 0.4) is 0 Å². The number of carboxylic acid groups (broad SMARTS) is 1. The molecule has 0 saturated carbocycles. The Balaban J connectivity index is 2.28. The van der Waals surface area contributed by atoms with Crippen molar-refractivity contribution in [2.75, 3.05) is 7.11 Å². The van der Waals surface area contributed by atoms with Gasteiger partial charge in [0.15, 0.2) is 0 Å². The molecular weight excluding hydrogens is 340 g/mol. The summed E-state index contributed by atoms with van der Waals surface area (Å²) in [6.07, 6.45) is 6.40. The molecule has 2 rings (SSSR count). The van der Waals surface area contributed by atoms with E-state index < -0.39 is 5.97 Å². The first-order chi connectivity index (χ1) is 12.9. The highest BCUT2D eigenvalue weighted by molar-refractivity contribution is 5.96. The number of allylic oxidation sites excluding steroid dienone is 2. The van der Waals surface area contributed by atoms with Gasteiger partial charge in [0, 0.05) is 5.56 Å². The molecule has 0 atom stereocenters. The fourth-order valence-electron chi connectivity index (χ4n) is 2.93. The van der Waals surface area contributed by atoms with Crippen molar-refractivity contribution in [1.82, 2.24) is 0 Å². The third kappa shape index (κ3) is 5.48. The minimum Gasteiger partial charge on any atom is -0.507 e. The van der Waals surface area contributed by atoms with Crippen molar-refractivity contribution >= 4 is 12.0 Å². The molecule has 2 aromatic rings. The van der Waals surface area contributed by atoms with E-state index in [2.05, 4.69) is 18.7 Å². The Morgan fingerprint density at radius 2 is 1.93 bits per heavy atom. The average molecular weight is 366 g/mol. The van der Waals surface area contributed by atoms with E-state index in [9.17, 15) is 15.0 Å². The Morgan fingerprint density at radius 1 is 1.22 bits per heavy atom. The second kappa shape index (κ2) is 9.62. The molecule has 0 saturated heterocycles. The molecule has 0 unspecified atom stereocenters. The van der Waals surface area contributed by atoms with Gasteiger partial charge in [-0.05, 0) is 49.8 Å². The van der Waals surface area contributed by atoms with E-state index in [0.29, 0.717) is 29.7 Å². The van der Waals surface area contributed by atoms with E-state index in [4.69, 9.17) is 4.74 Å². The topological polar surface area (TPSA) is 66.8 Å². The first-order valence-electron chi connectivity index (χ1n) is 8.95. The Morgan fingerprint density at radius 3 is 2.52 bits per heavy atom. The van der Waals surface area contributed by atoms with Gasteiger partial charge in [-0.25, -0.2) is 4.79 Å². The van der Waals surface area contributed by atoms with E-state index in [1.54, 1.807) is 12.1 Å². The molecule has 4 nitrogen and oxygen atoms in total. The lowest BCUT2D eigenvalue weighted by Crippen LogP contribution is -2.05. The molecule has 0 aliphatic rings. The minimum absolute atomic E-state index is 0.0940. The number of aromatic hydroxyl groups is 1. The molecular formula is C23H26O4. The van der Waals surface area contributed by atoms with Crippen LogP contribution in [0.2, 0.25) is 0 Å². The quantitative estimate of drug-likeness (QED) is 0.595. The molecule has 0 fully saturated rings. The Hall–Kier alpha value is -3.01. The number of aromatic carboxylic acids is 1. The zero-order valence-corrected chi connectivity index (χ0v) is 15.9. The molecule has 4 heteroatoms. The number of methoxy groups -OCH3 is 1. The number of hydrogen-bond acceptors (Lipinski definition) is 3. The van der Waals surface area contributed by atoms with Crippen molar-refractivity contribution in [1.29, 1.82) is 0 Å². The summed E-state index contributed by atoms with van der Waals surface area (Å²) in [5, 5.41) is 20.2. The van der Waals surface area contributed by atoms with Gasteiger partial charge < -0.3 is 14.9 Å². The summed E-state index contributed by atoms with van der Waals surface area (Å²) in [6, 6.07) is 11.8. The number of carbonyl (C=O) groups is 1. The number of ether oxygens (including phenoxy) is 1. The van der Waals surface area contributed by atoms with Crippen LogP contribution in [0.1, 0.15) is 46.8 Å². The maximum absolute atomic E-state index is 11.7. The van der Waals surface area contributed by atoms with Crippen LogP contribution in [0, 0.1) is 0 Å². The van der Waals surface area contributed by atoms with Gasteiger partial charge in [-0.2, -0.15) is 0 Å². The molecule has 0 spiro atoms. The van der Waals surface area contributed by atoms with E-state index >= 15 is 0 Å². The van der Waals surface area contributed by atoms with Crippen LogP contribution >= 0.6 is 0 Å². The minimum atomic E-state index is -1.16. The van der Waals surface area contributed by atoms with E-state index in [-0.39, 0.29) is 11.3 Å². The largest absolute Gasteiger partial charge is 0.507 e. The summed E-state index contributed by atoms with van der Waals surface area (Å²) in [5.41, 5.74) is 3.01. The summed E-state index contributed by atoms with van der Waals surface area (Å²) in [4.78, 5) is 11.7. The van der Waals surface area contributed by atoms with Gasteiger partial charge in [0.2, 0.25) is 0 Å². The molecule has 0 amide bonds. The predicted molar refractivity (Wildman–Crippen MR) is 109 cm³/mol. The van der Waals surface area contributed by atoms with Gasteiger partial charge in [0.1, 0.15) is 17.1 Å². The summed E-state index contributed by atoms with van der Waals surface area (Å²) in [7, 11) is 1.52. The standard InChI is InChI=1S/C23H26O4/c1-16(2)13-14-19-20(27-3)15-18(21(22(19)24)23(25)26)12-8-7-11-17-9-5-4-6-10-17/h4-6,8-10,12,15,24H,1,7,11,13-14H2,2-3H3,(H,25,26). The normalized spacial score (nSPS) is 10.9. The zero-order valence-electron chi connectivity index (χ0n) is 15.9. The Kier molecular flexibility index (Phi) is 7.24. The number of aryl methyl sites for hydroxylation is 1. The number of benzene rings is 2. The van der Waals surface area contributed by atoms with Crippen LogP contribution in [0.25, 0.3) is 6.08 Å². The molecule has 0 heterocycles. The fraction of sp³-hybridized carbons (Fsp3) is 0.261. The van der Waals surface area contributed by atoms with Crippen molar-refractivity contribution in [2.45, 2.75) is 32.6 Å². The lowest BCUT2D eigenvalue weighted by Gasteiger charge is -2.15. The molecule has 0 bridgehead atoms. The summed E-state index contributed by atoms with van der Waals surface area (Å²) in [5.74, 6) is -0.901. The maximum atomic E-state index is 11.7. The molecule has 0 radical (unpaired) electrons. The molecule has 0 aromatic heterocycles. The number of hydrogen-bond donors (Lipinski definition) is 2. The highest BCUT2D eigenvalue weighted by atomic mass is 16.5. The molecule has 0 aliphatic heterocycles. The lowest BCUT2D eigenvalue weighted by atomic mass is 9.96. The smallest absolute Gasteiger partial charge is 0.340 e. The first kappa shape index (κ1) is 20.3. The monoisotopic (exact) mass is 366 g/mol.